The smallest absolute Gasteiger partial charge is 0.331 e. The standard InChI is InChI=1S/C14H5F3IN3O2/c15-6-3-5(18)1-2-7(6)21-12-9(17)8(16)10-13(23-4-19-10)11(12)20-14(21)22/h1-4H,(H,20,22). The normalized spacial score (nSPS) is 11.7. The molecule has 0 spiro atoms. The molecule has 0 aliphatic rings. The minimum Gasteiger partial charge on any atom is -0.441 e. The van der Waals surface area contributed by atoms with Crippen LogP contribution < -0.4 is 5.69 Å². The number of nitrogens with zero attached hydrogens (tertiary/aromatic N) is 2. The summed E-state index contributed by atoms with van der Waals surface area (Å²) in [5, 5.41) is 0. The van der Waals surface area contributed by atoms with Crippen LogP contribution >= 0.6 is 22.6 Å². The maximum absolute atomic E-state index is 14.4. The molecule has 5 nitrogen and oxygen atoms in total. The minimum atomic E-state index is -1.31. The largest absolute Gasteiger partial charge is 0.441 e. The average molecular weight is 431 g/mol. The van der Waals surface area contributed by atoms with Crippen molar-refractivity contribution in [2.75, 3.05) is 0 Å². The van der Waals surface area contributed by atoms with Crippen LogP contribution in [0.5, 0.6) is 0 Å². The van der Waals surface area contributed by atoms with Crippen LogP contribution in [0.3, 0.4) is 0 Å². The maximum atomic E-state index is 14.4. The van der Waals surface area contributed by atoms with E-state index >= 15 is 0 Å². The van der Waals surface area contributed by atoms with Gasteiger partial charge in [0.15, 0.2) is 29.1 Å². The molecule has 0 saturated heterocycles. The molecule has 0 atom stereocenters. The van der Waals surface area contributed by atoms with Gasteiger partial charge in [-0.25, -0.2) is 22.9 Å². The van der Waals surface area contributed by atoms with Gasteiger partial charge >= 0.3 is 5.69 Å². The second-order valence-electron chi connectivity index (χ2n) is 4.74. The van der Waals surface area contributed by atoms with Crippen LogP contribution in [0.15, 0.2) is 33.8 Å². The molecule has 23 heavy (non-hydrogen) atoms. The lowest BCUT2D eigenvalue weighted by Gasteiger charge is -2.06. The topological polar surface area (TPSA) is 63.8 Å². The number of H-pyrrole nitrogens is 1. The first kappa shape index (κ1) is 14.3. The fourth-order valence-electron chi connectivity index (χ4n) is 2.49. The minimum absolute atomic E-state index is 0.0839. The molecule has 0 bridgehead atoms. The molecule has 2 aromatic carbocycles. The Morgan fingerprint density at radius 2 is 2.00 bits per heavy atom. The summed E-state index contributed by atoms with van der Waals surface area (Å²) < 4.78 is 49.1. The molecule has 1 N–H and O–H groups in total. The molecule has 116 valence electrons. The number of benzene rings is 2. The van der Waals surface area contributed by atoms with Gasteiger partial charge in [0.25, 0.3) is 0 Å². The van der Waals surface area contributed by atoms with E-state index in [0.717, 1.165) is 11.0 Å². The highest BCUT2D eigenvalue weighted by molar-refractivity contribution is 14.1. The van der Waals surface area contributed by atoms with Crippen LogP contribution in [-0.2, 0) is 0 Å². The Morgan fingerprint density at radius 3 is 2.74 bits per heavy atom. The third kappa shape index (κ3) is 1.92. The summed E-state index contributed by atoms with van der Waals surface area (Å²) in [6.07, 6.45) is 0.938. The van der Waals surface area contributed by atoms with Gasteiger partial charge in [0.2, 0.25) is 0 Å². The highest BCUT2D eigenvalue weighted by atomic mass is 127. The van der Waals surface area contributed by atoms with Crippen LogP contribution in [0.4, 0.5) is 13.2 Å². The summed E-state index contributed by atoms with van der Waals surface area (Å²) >= 11 is 1.90. The van der Waals surface area contributed by atoms with Gasteiger partial charge in [-0.1, -0.05) is 0 Å². The summed E-state index contributed by atoms with van der Waals surface area (Å²) in [4.78, 5) is 18.1. The third-order valence-electron chi connectivity index (χ3n) is 3.45. The molecule has 2 heterocycles. The summed E-state index contributed by atoms with van der Waals surface area (Å²) in [6, 6.07) is 4.04. The maximum Gasteiger partial charge on any atom is 0.331 e. The van der Waals surface area contributed by atoms with Gasteiger partial charge in [0, 0.05) is 3.57 Å². The highest BCUT2D eigenvalue weighted by Gasteiger charge is 2.24. The summed E-state index contributed by atoms with van der Waals surface area (Å²) in [6.45, 7) is 0. The second-order valence-corrected chi connectivity index (χ2v) is 5.99. The number of hydrogen-bond donors (Lipinski definition) is 1. The number of hydrogen-bond acceptors (Lipinski definition) is 3. The fraction of sp³-hybridized carbons (Fsp3) is 0. The van der Waals surface area contributed by atoms with Gasteiger partial charge < -0.3 is 9.40 Å². The second kappa shape index (κ2) is 4.85. The van der Waals surface area contributed by atoms with Crippen LogP contribution in [0.2, 0.25) is 0 Å². The van der Waals surface area contributed by atoms with Crippen LogP contribution in [0.25, 0.3) is 27.8 Å². The molecule has 0 radical (unpaired) electrons. The predicted molar refractivity (Wildman–Crippen MR) is 84.1 cm³/mol. The van der Waals surface area contributed by atoms with Gasteiger partial charge in [-0.3, -0.25) is 4.57 Å². The molecule has 0 aliphatic carbocycles. The summed E-state index contributed by atoms with van der Waals surface area (Å²) in [5.74, 6) is -3.31. The molecular weight excluding hydrogens is 426 g/mol. The Bertz CT molecular complexity index is 1150. The van der Waals surface area contributed by atoms with E-state index in [1.807, 2.05) is 22.6 Å². The highest BCUT2D eigenvalue weighted by Crippen LogP contribution is 2.30. The van der Waals surface area contributed by atoms with E-state index < -0.39 is 28.7 Å². The third-order valence-corrected chi connectivity index (χ3v) is 4.12. The molecule has 2 aromatic heterocycles. The summed E-state index contributed by atoms with van der Waals surface area (Å²) in [7, 11) is 0. The number of imidazole rings is 1. The molecule has 0 saturated carbocycles. The molecule has 0 aliphatic heterocycles. The van der Waals surface area contributed by atoms with Crippen molar-refractivity contribution in [1.29, 1.82) is 0 Å². The van der Waals surface area contributed by atoms with Crippen LogP contribution in [0, 0.1) is 21.0 Å². The first-order valence-corrected chi connectivity index (χ1v) is 7.37. The zero-order valence-electron chi connectivity index (χ0n) is 11.0. The number of halogens is 4. The Kier molecular flexibility index (Phi) is 3.01. The van der Waals surface area contributed by atoms with Crippen molar-refractivity contribution in [1.82, 2.24) is 14.5 Å². The number of nitrogens with one attached hydrogen (secondary N) is 1. The van der Waals surface area contributed by atoms with Gasteiger partial charge in [0.1, 0.15) is 16.9 Å². The monoisotopic (exact) mass is 431 g/mol. The number of fused-ring (bicyclic) bond motifs is 3. The molecule has 9 heteroatoms. The van der Waals surface area contributed by atoms with Crippen molar-refractivity contribution in [3.05, 3.63) is 56.1 Å². The molecule has 0 fully saturated rings. The van der Waals surface area contributed by atoms with E-state index in [1.54, 1.807) is 6.07 Å². The van der Waals surface area contributed by atoms with E-state index in [1.165, 1.54) is 12.1 Å². The zero-order chi connectivity index (χ0) is 16.3. The lowest BCUT2D eigenvalue weighted by molar-refractivity contribution is 0.519. The van der Waals surface area contributed by atoms with Crippen molar-refractivity contribution in [3.63, 3.8) is 0 Å². The number of oxazole rings is 1. The Labute approximate surface area is 138 Å². The van der Waals surface area contributed by atoms with E-state index in [9.17, 15) is 18.0 Å². The van der Waals surface area contributed by atoms with Gasteiger partial charge in [0.05, 0.1) is 5.69 Å². The van der Waals surface area contributed by atoms with Gasteiger partial charge in [-0.05, 0) is 40.8 Å². The quantitative estimate of drug-likeness (QED) is 0.470. The first-order chi connectivity index (χ1) is 11.0. The first-order valence-electron chi connectivity index (χ1n) is 6.29. The van der Waals surface area contributed by atoms with E-state index in [0.29, 0.717) is 3.57 Å². The van der Waals surface area contributed by atoms with Crippen molar-refractivity contribution in [2.24, 2.45) is 0 Å². The van der Waals surface area contributed by atoms with Crippen molar-refractivity contribution in [2.45, 2.75) is 0 Å². The molecule has 4 rings (SSSR count). The Balaban J connectivity index is 2.22. The number of aromatic nitrogens is 3. The predicted octanol–water partition coefficient (Wildman–Crippen LogP) is 3.48. The zero-order valence-corrected chi connectivity index (χ0v) is 13.2. The van der Waals surface area contributed by atoms with E-state index in [2.05, 4.69) is 9.97 Å². The van der Waals surface area contributed by atoms with Crippen molar-refractivity contribution < 1.29 is 17.6 Å². The Hall–Kier alpha value is -2.30. The van der Waals surface area contributed by atoms with Crippen molar-refractivity contribution >= 4 is 44.7 Å². The number of rotatable bonds is 1. The molecule has 4 aromatic rings. The SMILES string of the molecule is O=c1[nH]c2c3ocnc3c(F)c(F)c2n1-c1ccc(I)cc1F. The van der Waals surface area contributed by atoms with E-state index in [-0.39, 0.29) is 22.3 Å². The van der Waals surface area contributed by atoms with Gasteiger partial charge in [-0.15, -0.1) is 0 Å². The Morgan fingerprint density at radius 1 is 1.22 bits per heavy atom. The van der Waals surface area contributed by atoms with E-state index in [4.69, 9.17) is 4.42 Å². The lowest BCUT2D eigenvalue weighted by atomic mass is 10.2. The lowest BCUT2D eigenvalue weighted by Crippen LogP contribution is -2.16. The fourth-order valence-corrected chi connectivity index (χ4v) is 2.94. The average Bonchev–Trinajstić information content (AvgIpc) is 3.10. The summed E-state index contributed by atoms with van der Waals surface area (Å²) in [5.41, 5.74) is -1.98. The molecular formula is C14H5F3IN3O2. The molecule has 0 amide bonds. The number of aromatic amines is 1. The van der Waals surface area contributed by atoms with Gasteiger partial charge in [-0.2, -0.15) is 0 Å². The van der Waals surface area contributed by atoms with Crippen LogP contribution in [-0.4, -0.2) is 14.5 Å². The van der Waals surface area contributed by atoms with Crippen molar-refractivity contribution in [3.8, 4) is 5.69 Å². The van der Waals surface area contributed by atoms with Crippen LogP contribution in [0.1, 0.15) is 0 Å². The molecule has 0 unspecified atom stereocenters.